The summed E-state index contributed by atoms with van der Waals surface area (Å²) in [7, 11) is -2.01. The van der Waals surface area contributed by atoms with E-state index in [1.807, 2.05) is 0 Å². The number of carbonyl (C=O) groups is 2. The Morgan fingerprint density at radius 1 is 0.909 bits per heavy atom. The van der Waals surface area contributed by atoms with Crippen LogP contribution in [0.25, 0.3) is 10.9 Å². The molecular weight excluding hydrogens is 593 g/mol. The molecule has 1 aliphatic carbocycles. The Balaban J connectivity index is 1.22. The second-order valence-electron chi connectivity index (χ2n) is 10.2. The van der Waals surface area contributed by atoms with E-state index in [9.17, 15) is 22.4 Å². The Morgan fingerprint density at radius 3 is 2.14 bits per heavy atom. The maximum Gasteiger partial charge on any atom is 0.264 e. The zero-order chi connectivity index (χ0) is 31.3. The summed E-state index contributed by atoms with van der Waals surface area (Å²) in [6.45, 7) is 0.133. The second kappa shape index (κ2) is 13.0. The number of nitrogens with one attached hydrogen (secondary N) is 2. The van der Waals surface area contributed by atoms with E-state index in [1.54, 1.807) is 48.7 Å². The van der Waals surface area contributed by atoms with Crippen molar-refractivity contribution in [2.45, 2.75) is 19.4 Å². The molecule has 5 rings (SSSR count). The number of rotatable bonds is 13. The van der Waals surface area contributed by atoms with Crippen LogP contribution >= 0.6 is 0 Å². The summed E-state index contributed by atoms with van der Waals surface area (Å²) in [5.74, 6) is 0.295. The molecule has 230 valence electrons. The molecule has 11 nitrogen and oxygen atoms in total. The van der Waals surface area contributed by atoms with Gasteiger partial charge in [-0.15, -0.1) is 0 Å². The molecule has 1 aliphatic rings. The molecule has 0 saturated heterocycles. The topological polar surface area (TPSA) is 142 Å². The van der Waals surface area contributed by atoms with Crippen LogP contribution in [-0.2, 0) is 35.2 Å². The molecule has 1 fully saturated rings. The van der Waals surface area contributed by atoms with Crippen molar-refractivity contribution >= 4 is 44.2 Å². The quantitative estimate of drug-likeness (QED) is 0.119. The molecule has 0 atom stereocenters. The first kappa shape index (κ1) is 30.9. The number of pyridine rings is 1. The van der Waals surface area contributed by atoms with Crippen LogP contribution in [0.5, 0.6) is 17.2 Å². The predicted molar refractivity (Wildman–Crippen MR) is 161 cm³/mol. The molecule has 2 amide bonds. The number of halogens is 1. The first-order chi connectivity index (χ1) is 21.1. The summed E-state index contributed by atoms with van der Waals surface area (Å²) >= 11 is 0. The third-order valence-electron chi connectivity index (χ3n) is 6.95. The van der Waals surface area contributed by atoms with Crippen molar-refractivity contribution in [1.29, 1.82) is 0 Å². The van der Waals surface area contributed by atoms with Crippen molar-refractivity contribution in [3.63, 3.8) is 0 Å². The fourth-order valence-electron chi connectivity index (χ4n) is 4.46. The first-order valence-corrected chi connectivity index (χ1v) is 15.4. The van der Waals surface area contributed by atoms with Crippen LogP contribution in [0, 0.1) is 11.2 Å². The molecule has 2 N–H and O–H groups in total. The van der Waals surface area contributed by atoms with Gasteiger partial charge >= 0.3 is 0 Å². The number of aromatic nitrogens is 1. The van der Waals surface area contributed by atoms with Gasteiger partial charge in [0.1, 0.15) is 28.5 Å². The van der Waals surface area contributed by atoms with Crippen molar-refractivity contribution < 1.29 is 40.8 Å². The maximum absolute atomic E-state index is 13.2. The van der Waals surface area contributed by atoms with Gasteiger partial charge in [-0.1, -0.05) is 0 Å². The number of hydrogen-bond donors (Lipinski definition) is 2. The smallest absolute Gasteiger partial charge is 0.264 e. The molecule has 4 aromatic rings. The Hall–Kier alpha value is -4.59. The highest BCUT2D eigenvalue weighted by atomic mass is 32.2. The van der Waals surface area contributed by atoms with E-state index in [0.29, 0.717) is 57.9 Å². The summed E-state index contributed by atoms with van der Waals surface area (Å²) in [5.41, 5.74) is 1.08. The molecule has 0 radical (unpaired) electrons. The van der Waals surface area contributed by atoms with Crippen molar-refractivity contribution in [2.75, 3.05) is 37.2 Å². The zero-order valence-corrected chi connectivity index (χ0v) is 24.8. The van der Waals surface area contributed by atoms with Crippen LogP contribution in [0.2, 0.25) is 0 Å². The number of benzene rings is 3. The highest BCUT2D eigenvalue weighted by Crippen LogP contribution is 2.47. The first-order valence-electron chi connectivity index (χ1n) is 13.6. The largest absolute Gasteiger partial charge is 0.496 e. The molecule has 1 saturated carbocycles. The van der Waals surface area contributed by atoms with E-state index in [2.05, 4.69) is 19.8 Å². The van der Waals surface area contributed by atoms with Crippen LogP contribution in [0.1, 0.15) is 18.4 Å². The minimum absolute atomic E-state index is 0.0749. The number of anilines is 2. The summed E-state index contributed by atoms with van der Waals surface area (Å²) in [6.07, 6.45) is 3.41. The van der Waals surface area contributed by atoms with Gasteiger partial charge in [-0.3, -0.25) is 18.8 Å². The van der Waals surface area contributed by atoms with Gasteiger partial charge in [0.05, 0.1) is 38.7 Å². The number of carbonyl (C=O) groups excluding carboxylic acids is 2. The SMILES string of the molecule is COc1cc2c(Oc3ccc(NC(=O)C4(C(=O)Nc5ccc(F)cc5)CC4)cc3)ccnc2cc1COCCOS(C)(=O)=O. The standard InChI is InChI=1S/C31H30FN3O8S/c1-40-28-18-25-26(17-20(28)19-41-15-16-42-44(2,38)39)33-14-11-27(25)43-24-9-7-23(8-10-24)35-30(37)31(12-13-31)29(36)34-22-5-3-21(32)4-6-22/h3-11,14,17-18H,12-13,15-16,19H2,1-2H3,(H,34,36)(H,35,37). The van der Waals surface area contributed by atoms with Crippen molar-refractivity contribution in [2.24, 2.45) is 5.41 Å². The fourth-order valence-corrected chi connectivity index (χ4v) is 4.83. The minimum Gasteiger partial charge on any atom is -0.496 e. The fraction of sp³-hybridized carbons (Fsp3) is 0.258. The molecule has 13 heteroatoms. The summed E-state index contributed by atoms with van der Waals surface area (Å²) in [6, 6.07) is 17.4. The number of amides is 2. The second-order valence-corrected chi connectivity index (χ2v) is 11.8. The Kier molecular flexibility index (Phi) is 9.09. The van der Waals surface area contributed by atoms with Crippen LogP contribution in [0.4, 0.5) is 15.8 Å². The molecule has 3 aromatic carbocycles. The van der Waals surface area contributed by atoms with E-state index >= 15 is 0 Å². The van der Waals surface area contributed by atoms with E-state index in [-0.39, 0.29) is 19.8 Å². The molecule has 1 aromatic heterocycles. The molecule has 0 unspecified atom stereocenters. The third kappa shape index (κ3) is 7.48. The van der Waals surface area contributed by atoms with Crippen LogP contribution < -0.4 is 20.1 Å². The zero-order valence-electron chi connectivity index (χ0n) is 24.0. The number of fused-ring (bicyclic) bond motifs is 1. The summed E-state index contributed by atoms with van der Waals surface area (Å²) in [4.78, 5) is 30.3. The molecular formula is C31H30FN3O8S. The number of nitrogens with zero attached hydrogens (tertiary/aromatic N) is 1. The minimum atomic E-state index is -3.54. The van der Waals surface area contributed by atoms with Crippen LogP contribution in [0.3, 0.4) is 0 Å². The molecule has 1 heterocycles. The van der Waals surface area contributed by atoms with Gasteiger partial charge in [-0.05, 0) is 79.6 Å². The Bertz CT molecular complexity index is 1780. The maximum atomic E-state index is 13.2. The van der Waals surface area contributed by atoms with Gasteiger partial charge in [-0.2, -0.15) is 8.42 Å². The van der Waals surface area contributed by atoms with Gasteiger partial charge in [0.25, 0.3) is 10.1 Å². The molecule has 44 heavy (non-hydrogen) atoms. The average molecular weight is 624 g/mol. The monoisotopic (exact) mass is 623 g/mol. The van der Waals surface area contributed by atoms with Gasteiger partial charge < -0.3 is 24.8 Å². The van der Waals surface area contributed by atoms with E-state index in [4.69, 9.17) is 14.2 Å². The molecule has 0 aliphatic heterocycles. The average Bonchev–Trinajstić information content (AvgIpc) is 3.81. The number of methoxy groups -OCH3 is 1. The van der Waals surface area contributed by atoms with Crippen LogP contribution in [0.15, 0.2) is 72.9 Å². The normalized spacial score (nSPS) is 13.7. The predicted octanol–water partition coefficient (Wildman–Crippen LogP) is 5.03. The lowest BCUT2D eigenvalue weighted by molar-refractivity contribution is -0.131. The van der Waals surface area contributed by atoms with Crippen molar-refractivity contribution in [1.82, 2.24) is 4.98 Å². The molecule has 0 spiro atoms. The van der Waals surface area contributed by atoms with E-state index in [1.165, 1.54) is 31.4 Å². The molecule has 0 bridgehead atoms. The highest BCUT2D eigenvalue weighted by Gasteiger charge is 2.56. The lowest BCUT2D eigenvalue weighted by Crippen LogP contribution is -2.35. The van der Waals surface area contributed by atoms with Gasteiger partial charge in [-0.25, -0.2) is 4.39 Å². The van der Waals surface area contributed by atoms with Gasteiger partial charge in [0, 0.05) is 28.5 Å². The van der Waals surface area contributed by atoms with Crippen molar-refractivity contribution in [3.05, 3.63) is 84.3 Å². The summed E-state index contributed by atoms with van der Waals surface area (Å²) in [5, 5.41) is 6.18. The Morgan fingerprint density at radius 2 is 1.55 bits per heavy atom. The lowest BCUT2D eigenvalue weighted by atomic mass is 10.0. The number of hydrogen-bond acceptors (Lipinski definition) is 9. The van der Waals surface area contributed by atoms with Gasteiger partial charge in [0.15, 0.2) is 0 Å². The number of ether oxygens (including phenoxy) is 3. The van der Waals surface area contributed by atoms with E-state index < -0.39 is 33.2 Å². The third-order valence-corrected chi connectivity index (χ3v) is 7.54. The van der Waals surface area contributed by atoms with E-state index in [0.717, 1.165) is 6.26 Å². The van der Waals surface area contributed by atoms with Crippen molar-refractivity contribution in [3.8, 4) is 17.2 Å². The highest BCUT2D eigenvalue weighted by molar-refractivity contribution is 7.85. The summed E-state index contributed by atoms with van der Waals surface area (Å²) < 4.78 is 57.3. The van der Waals surface area contributed by atoms with Crippen LogP contribution in [-0.4, -0.2) is 51.8 Å². The lowest BCUT2D eigenvalue weighted by Gasteiger charge is -2.16. The van der Waals surface area contributed by atoms with Gasteiger partial charge in [0.2, 0.25) is 11.8 Å². The Labute approximate surface area is 253 Å².